The molecule has 0 aromatic carbocycles. The zero-order valence-electron chi connectivity index (χ0n) is 20.1. The number of aliphatic hydroxyl groups excluding tert-OH is 1. The van der Waals surface area contributed by atoms with E-state index in [0.29, 0.717) is 29.3 Å². The van der Waals surface area contributed by atoms with Crippen LogP contribution in [0.2, 0.25) is 0 Å². The molecule has 1 N–H and O–H groups in total. The monoisotopic (exact) mass is 400 g/mol. The van der Waals surface area contributed by atoms with Crippen molar-refractivity contribution in [3.8, 4) is 0 Å². The van der Waals surface area contributed by atoms with Gasteiger partial charge in [0, 0.05) is 6.61 Å². The molecule has 1 heteroatoms. The normalized spacial score (nSPS) is 47.6. The van der Waals surface area contributed by atoms with Crippen molar-refractivity contribution < 1.29 is 5.11 Å². The van der Waals surface area contributed by atoms with Crippen LogP contribution >= 0.6 is 0 Å². The molecule has 0 saturated heterocycles. The summed E-state index contributed by atoms with van der Waals surface area (Å²) in [6, 6.07) is 0. The van der Waals surface area contributed by atoms with Crippen LogP contribution in [0.15, 0.2) is 12.2 Å². The van der Waals surface area contributed by atoms with Gasteiger partial charge in [-0.2, -0.15) is 0 Å². The van der Waals surface area contributed by atoms with E-state index in [0.717, 1.165) is 35.5 Å². The van der Waals surface area contributed by atoms with Crippen molar-refractivity contribution in [1.82, 2.24) is 0 Å². The molecule has 0 aliphatic heterocycles. The van der Waals surface area contributed by atoms with Crippen LogP contribution < -0.4 is 0 Å². The van der Waals surface area contributed by atoms with Crippen molar-refractivity contribution >= 4 is 0 Å². The van der Waals surface area contributed by atoms with E-state index in [1.807, 2.05) is 0 Å². The average molecular weight is 401 g/mol. The maximum absolute atomic E-state index is 9.92. The molecule has 4 aliphatic rings. The molecule has 4 fully saturated rings. The van der Waals surface area contributed by atoms with Crippen LogP contribution in [0.5, 0.6) is 0 Å². The van der Waals surface area contributed by atoms with Gasteiger partial charge in [0.25, 0.3) is 0 Å². The molecule has 0 aromatic heterocycles. The van der Waals surface area contributed by atoms with Gasteiger partial charge in [0.2, 0.25) is 0 Å². The number of aliphatic hydroxyl groups is 1. The standard InChI is InChI=1S/C28H48O/c1-18(2)19(3)7-8-20(4)23-11-12-25-22-9-10-24-21(17-29)13-15-28(24,6)26(22)14-16-27(23,25)5/h18,20-26,29H,3,7-17H2,1-2,4-6H3/t20-,21-,22?,23-,24+,25?,26?,27-,28+/m1/s1. The van der Waals surface area contributed by atoms with Crippen LogP contribution in [0.3, 0.4) is 0 Å². The van der Waals surface area contributed by atoms with Gasteiger partial charge < -0.3 is 5.11 Å². The van der Waals surface area contributed by atoms with Crippen molar-refractivity contribution in [3.05, 3.63) is 12.2 Å². The third-order valence-corrected chi connectivity index (χ3v) is 11.3. The van der Waals surface area contributed by atoms with Gasteiger partial charge in [-0.15, -0.1) is 0 Å². The highest BCUT2D eigenvalue weighted by Gasteiger charge is 2.61. The molecule has 4 rings (SSSR count). The number of hydrogen-bond donors (Lipinski definition) is 1. The van der Waals surface area contributed by atoms with Gasteiger partial charge in [0.1, 0.15) is 0 Å². The van der Waals surface area contributed by atoms with Crippen LogP contribution in [0, 0.1) is 58.2 Å². The molecule has 0 amide bonds. The lowest BCUT2D eigenvalue weighted by Gasteiger charge is -2.58. The SMILES string of the molecule is C=C(CC[C@@H](C)[C@H]1CCC2C3CC[C@H]4[C@@H](CO)CC[C@]4(C)C3CC[C@@]21C)C(C)C. The molecule has 4 aliphatic carbocycles. The molecular formula is C28H48O. The molecule has 3 unspecified atom stereocenters. The molecular weight excluding hydrogens is 352 g/mol. The Hall–Kier alpha value is -0.300. The molecule has 166 valence electrons. The molecule has 0 spiro atoms. The van der Waals surface area contributed by atoms with Crippen LogP contribution in [-0.2, 0) is 0 Å². The molecule has 29 heavy (non-hydrogen) atoms. The number of fused-ring (bicyclic) bond motifs is 5. The lowest BCUT2D eigenvalue weighted by Crippen LogP contribution is -2.51. The van der Waals surface area contributed by atoms with Gasteiger partial charge in [-0.1, -0.05) is 46.8 Å². The zero-order valence-corrected chi connectivity index (χ0v) is 20.1. The predicted molar refractivity (Wildman–Crippen MR) is 124 cm³/mol. The van der Waals surface area contributed by atoms with Crippen molar-refractivity contribution in [3.63, 3.8) is 0 Å². The largest absolute Gasteiger partial charge is 0.396 e. The van der Waals surface area contributed by atoms with Gasteiger partial charge in [0.05, 0.1) is 0 Å². The molecule has 0 heterocycles. The Morgan fingerprint density at radius 3 is 2.24 bits per heavy atom. The molecule has 1 nitrogen and oxygen atoms in total. The van der Waals surface area contributed by atoms with Crippen molar-refractivity contribution in [1.29, 1.82) is 0 Å². The fraction of sp³-hybridized carbons (Fsp3) is 0.929. The van der Waals surface area contributed by atoms with Gasteiger partial charge in [-0.3, -0.25) is 0 Å². The number of allylic oxidation sites excluding steroid dienone is 1. The molecule has 0 bridgehead atoms. The summed E-state index contributed by atoms with van der Waals surface area (Å²) in [4.78, 5) is 0. The van der Waals surface area contributed by atoms with Crippen LogP contribution in [-0.4, -0.2) is 11.7 Å². The maximum atomic E-state index is 9.92. The first kappa shape index (κ1) is 21.9. The minimum absolute atomic E-state index is 0.431. The van der Waals surface area contributed by atoms with E-state index in [-0.39, 0.29) is 0 Å². The molecule has 0 radical (unpaired) electrons. The Bertz CT molecular complexity index is 607. The van der Waals surface area contributed by atoms with Crippen LogP contribution in [0.25, 0.3) is 0 Å². The minimum atomic E-state index is 0.431. The molecule has 0 aromatic rings. The first-order valence-electron chi connectivity index (χ1n) is 13.0. The summed E-state index contributed by atoms with van der Waals surface area (Å²) >= 11 is 0. The van der Waals surface area contributed by atoms with Gasteiger partial charge in [-0.25, -0.2) is 0 Å². The summed E-state index contributed by atoms with van der Waals surface area (Å²) < 4.78 is 0. The Labute approximate surface area is 181 Å². The Morgan fingerprint density at radius 1 is 0.897 bits per heavy atom. The second-order valence-corrected chi connectivity index (χ2v) is 12.6. The summed E-state index contributed by atoms with van der Waals surface area (Å²) in [6.45, 7) is 17.2. The Morgan fingerprint density at radius 2 is 1.55 bits per heavy atom. The Kier molecular flexibility index (Phi) is 6.04. The second kappa shape index (κ2) is 7.99. The van der Waals surface area contributed by atoms with E-state index < -0.39 is 0 Å². The number of hydrogen-bond acceptors (Lipinski definition) is 1. The molecule has 9 atom stereocenters. The van der Waals surface area contributed by atoms with E-state index in [1.54, 1.807) is 0 Å². The summed E-state index contributed by atoms with van der Waals surface area (Å²) in [7, 11) is 0. The first-order chi connectivity index (χ1) is 13.7. The highest BCUT2D eigenvalue weighted by atomic mass is 16.3. The average Bonchev–Trinajstić information content (AvgIpc) is 3.22. The summed E-state index contributed by atoms with van der Waals surface area (Å²) in [5.74, 6) is 6.67. The number of rotatable bonds is 6. The smallest absolute Gasteiger partial charge is 0.0462 e. The molecule has 4 saturated carbocycles. The Balaban J connectivity index is 1.47. The first-order valence-corrected chi connectivity index (χ1v) is 13.0. The van der Waals surface area contributed by atoms with E-state index in [4.69, 9.17) is 0 Å². The summed E-state index contributed by atoms with van der Waals surface area (Å²) in [5, 5.41) is 9.92. The minimum Gasteiger partial charge on any atom is -0.396 e. The van der Waals surface area contributed by atoms with Gasteiger partial charge in [0.15, 0.2) is 0 Å². The fourth-order valence-corrected chi connectivity index (χ4v) is 9.42. The lowest BCUT2D eigenvalue weighted by atomic mass is 9.46. The summed E-state index contributed by atoms with van der Waals surface area (Å²) in [6.07, 6.45) is 14.0. The van der Waals surface area contributed by atoms with Crippen LogP contribution in [0.4, 0.5) is 0 Å². The zero-order chi connectivity index (χ0) is 21.0. The second-order valence-electron chi connectivity index (χ2n) is 12.6. The van der Waals surface area contributed by atoms with E-state index in [9.17, 15) is 5.11 Å². The topological polar surface area (TPSA) is 20.2 Å². The van der Waals surface area contributed by atoms with E-state index in [2.05, 4.69) is 41.2 Å². The quantitative estimate of drug-likeness (QED) is 0.458. The predicted octanol–water partition coefficient (Wildman–Crippen LogP) is 7.49. The van der Waals surface area contributed by atoms with Gasteiger partial charge >= 0.3 is 0 Å². The maximum Gasteiger partial charge on any atom is 0.0462 e. The fourth-order valence-electron chi connectivity index (χ4n) is 9.42. The van der Waals surface area contributed by atoms with Crippen molar-refractivity contribution in [2.24, 2.45) is 58.2 Å². The van der Waals surface area contributed by atoms with Crippen molar-refractivity contribution in [2.45, 2.75) is 98.8 Å². The highest BCUT2D eigenvalue weighted by Crippen LogP contribution is 2.69. The van der Waals surface area contributed by atoms with Crippen LogP contribution in [0.1, 0.15) is 98.8 Å². The van der Waals surface area contributed by atoms with E-state index in [1.165, 1.54) is 69.8 Å². The third kappa shape index (κ3) is 3.46. The highest BCUT2D eigenvalue weighted by molar-refractivity contribution is 5.11. The van der Waals surface area contributed by atoms with Gasteiger partial charge in [-0.05, 0) is 122 Å². The third-order valence-electron chi connectivity index (χ3n) is 11.3. The lowest BCUT2D eigenvalue weighted by molar-refractivity contribution is -0.0975. The van der Waals surface area contributed by atoms with Crippen molar-refractivity contribution in [2.75, 3.05) is 6.61 Å². The van der Waals surface area contributed by atoms with E-state index >= 15 is 0 Å². The summed E-state index contributed by atoms with van der Waals surface area (Å²) in [5.41, 5.74) is 2.56.